The van der Waals surface area contributed by atoms with Crippen LogP contribution in [-0.4, -0.2) is 5.91 Å². The Morgan fingerprint density at radius 3 is 2.35 bits per heavy atom. The zero-order valence-electron chi connectivity index (χ0n) is 12.1. The molecule has 2 nitrogen and oxygen atoms in total. The van der Waals surface area contributed by atoms with Crippen LogP contribution in [0.1, 0.15) is 41.8 Å². The highest BCUT2D eigenvalue weighted by atomic mass is 16.1. The third kappa shape index (κ3) is 3.47. The number of hydrogen-bond acceptors (Lipinski definition) is 1. The summed E-state index contributed by atoms with van der Waals surface area (Å²) < 4.78 is 0. The van der Waals surface area contributed by atoms with Crippen LogP contribution >= 0.6 is 0 Å². The van der Waals surface area contributed by atoms with E-state index in [1.54, 1.807) is 0 Å². The number of hydrogen-bond donors (Lipinski definition) is 1. The van der Waals surface area contributed by atoms with Crippen LogP contribution in [0.15, 0.2) is 48.5 Å². The molecule has 20 heavy (non-hydrogen) atoms. The van der Waals surface area contributed by atoms with Crippen molar-refractivity contribution in [2.75, 3.05) is 5.32 Å². The van der Waals surface area contributed by atoms with Crippen molar-refractivity contribution in [3.8, 4) is 0 Å². The molecular weight excluding hydrogens is 246 g/mol. The second-order valence-electron chi connectivity index (χ2n) is 4.91. The fourth-order valence-electron chi connectivity index (χ4n) is 2.29. The average molecular weight is 267 g/mol. The lowest BCUT2D eigenvalue weighted by atomic mass is 10.0. The minimum Gasteiger partial charge on any atom is -0.322 e. The SMILES string of the molecule is CCCc1ccc(NC(=O)c2ccccc2CC)cc1. The van der Waals surface area contributed by atoms with Crippen molar-refractivity contribution in [1.82, 2.24) is 0 Å². The summed E-state index contributed by atoms with van der Waals surface area (Å²) in [5.41, 5.74) is 3.99. The number of rotatable bonds is 5. The quantitative estimate of drug-likeness (QED) is 0.851. The Labute approximate surface area is 120 Å². The fraction of sp³-hybridized carbons (Fsp3) is 0.278. The van der Waals surface area contributed by atoms with Gasteiger partial charge in [-0.1, -0.05) is 50.6 Å². The molecule has 2 aromatic carbocycles. The van der Waals surface area contributed by atoms with E-state index < -0.39 is 0 Å². The Morgan fingerprint density at radius 1 is 1.00 bits per heavy atom. The van der Waals surface area contributed by atoms with Gasteiger partial charge in [0.05, 0.1) is 0 Å². The van der Waals surface area contributed by atoms with E-state index >= 15 is 0 Å². The van der Waals surface area contributed by atoms with E-state index in [9.17, 15) is 4.79 Å². The van der Waals surface area contributed by atoms with Gasteiger partial charge in [0, 0.05) is 11.3 Å². The molecule has 104 valence electrons. The van der Waals surface area contributed by atoms with E-state index in [4.69, 9.17) is 0 Å². The summed E-state index contributed by atoms with van der Waals surface area (Å²) in [7, 11) is 0. The number of benzene rings is 2. The van der Waals surface area contributed by atoms with Crippen molar-refractivity contribution in [1.29, 1.82) is 0 Å². The van der Waals surface area contributed by atoms with Gasteiger partial charge >= 0.3 is 0 Å². The minimum absolute atomic E-state index is 0.0364. The van der Waals surface area contributed by atoms with E-state index in [1.165, 1.54) is 5.56 Å². The van der Waals surface area contributed by atoms with Gasteiger partial charge in [-0.15, -0.1) is 0 Å². The van der Waals surface area contributed by atoms with Crippen LogP contribution in [0.4, 0.5) is 5.69 Å². The molecule has 0 heterocycles. The van der Waals surface area contributed by atoms with Gasteiger partial charge in [-0.2, -0.15) is 0 Å². The summed E-state index contributed by atoms with van der Waals surface area (Å²) in [4.78, 5) is 12.3. The molecule has 0 unspecified atom stereocenters. The second kappa shape index (κ2) is 6.90. The number of carbonyl (C=O) groups is 1. The van der Waals surface area contributed by atoms with Gasteiger partial charge < -0.3 is 5.32 Å². The van der Waals surface area contributed by atoms with Crippen LogP contribution in [0.25, 0.3) is 0 Å². The largest absolute Gasteiger partial charge is 0.322 e. The lowest BCUT2D eigenvalue weighted by Gasteiger charge is -2.09. The Hall–Kier alpha value is -2.09. The predicted molar refractivity (Wildman–Crippen MR) is 84.2 cm³/mol. The van der Waals surface area contributed by atoms with Gasteiger partial charge in [0.2, 0.25) is 0 Å². The van der Waals surface area contributed by atoms with Crippen LogP contribution < -0.4 is 5.32 Å². The summed E-state index contributed by atoms with van der Waals surface area (Å²) in [6.07, 6.45) is 3.07. The summed E-state index contributed by atoms with van der Waals surface area (Å²) in [6, 6.07) is 15.8. The maximum atomic E-state index is 12.3. The Morgan fingerprint density at radius 2 is 1.70 bits per heavy atom. The monoisotopic (exact) mass is 267 g/mol. The second-order valence-corrected chi connectivity index (χ2v) is 4.91. The Kier molecular flexibility index (Phi) is 4.94. The summed E-state index contributed by atoms with van der Waals surface area (Å²) in [6.45, 7) is 4.23. The summed E-state index contributed by atoms with van der Waals surface area (Å²) in [5.74, 6) is -0.0364. The van der Waals surface area contributed by atoms with Crippen molar-refractivity contribution in [2.45, 2.75) is 33.1 Å². The van der Waals surface area contributed by atoms with Crippen LogP contribution in [0.5, 0.6) is 0 Å². The van der Waals surface area contributed by atoms with E-state index in [1.807, 2.05) is 36.4 Å². The van der Waals surface area contributed by atoms with Gasteiger partial charge in [-0.3, -0.25) is 4.79 Å². The molecule has 0 aliphatic heterocycles. The smallest absolute Gasteiger partial charge is 0.255 e. The molecule has 1 N–H and O–H groups in total. The number of nitrogens with one attached hydrogen (secondary N) is 1. The van der Waals surface area contributed by atoms with Gasteiger partial charge in [0.1, 0.15) is 0 Å². The number of aryl methyl sites for hydroxylation is 2. The molecule has 0 aliphatic rings. The highest BCUT2D eigenvalue weighted by Crippen LogP contribution is 2.15. The fourth-order valence-corrected chi connectivity index (χ4v) is 2.29. The van der Waals surface area contributed by atoms with Crippen molar-refractivity contribution in [2.24, 2.45) is 0 Å². The minimum atomic E-state index is -0.0364. The summed E-state index contributed by atoms with van der Waals surface area (Å²) >= 11 is 0. The molecule has 0 radical (unpaired) electrons. The van der Waals surface area contributed by atoms with Gasteiger partial charge in [-0.25, -0.2) is 0 Å². The van der Waals surface area contributed by atoms with Gasteiger partial charge in [-0.05, 0) is 42.2 Å². The predicted octanol–water partition coefficient (Wildman–Crippen LogP) is 4.45. The van der Waals surface area contributed by atoms with Crippen LogP contribution in [0.3, 0.4) is 0 Å². The third-order valence-corrected chi connectivity index (χ3v) is 3.39. The number of anilines is 1. The molecule has 0 bridgehead atoms. The maximum Gasteiger partial charge on any atom is 0.255 e. The Bertz CT molecular complexity index is 572. The molecule has 0 atom stereocenters. The molecule has 0 saturated heterocycles. The molecule has 2 aromatic rings. The van der Waals surface area contributed by atoms with E-state index in [0.29, 0.717) is 0 Å². The molecular formula is C18H21NO. The highest BCUT2D eigenvalue weighted by molar-refractivity contribution is 6.05. The summed E-state index contributed by atoms with van der Waals surface area (Å²) in [5, 5.41) is 2.96. The van der Waals surface area contributed by atoms with Crippen molar-refractivity contribution < 1.29 is 4.79 Å². The first kappa shape index (κ1) is 14.3. The molecule has 0 fully saturated rings. The molecule has 0 saturated carbocycles. The highest BCUT2D eigenvalue weighted by Gasteiger charge is 2.09. The van der Waals surface area contributed by atoms with Gasteiger partial charge in [0.15, 0.2) is 0 Å². The van der Waals surface area contributed by atoms with Crippen molar-refractivity contribution in [3.05, 3.63) is 65.2 Å². The molecule has 0 aliphatic carbocycles. The normalized spacial score (nSPS) is 10.3. The van der Waals surface area contributed by atoms with Crippen molar-refractivity contribution in [3.63, 3.8) is 0 Å². The van der Waals surface area contributed by atoms with Crippen LogP contribution in [0, 0.1) is 0 Å². The van der Waals surface area contributed by atoms with Crippen molar-refractivity contribution >= 4 is 11.6 Å². The molecule has 0 aromatic heterocycles. The zero-order valence-corrected chi connectivity index (χ0v) is 12.1. The van der Waals surface area contributed by atoms with E-state index in [-0.39, 0.29) is 5.91 Å². The first-order valence-electron chi connectivity index (χ1n) is 7.22. The van der Waals surface area contributed by atoms with Crippen LogP contribution in [-0.2, 0) is 12.8 Å². The number of carbonyl (C=O) groups excluding carboxylic acids is 1. The standard InChI is InChI=1S/C18H21NO/c1-3-7-14-10-12-16(13-11-14)19-18(20)17-9-6-5-8-15(17)4-2/h5-6,8-13H,3-4,7H2,1-2H3,(H,19,20). The molecule has 1 amide bonds. The first-order chi connectivity index (χ1) is 9.74. The topological polar surface area (TPSA) is 29.1 Å². The van der Waals surface area contributed by atoms with E-state index in [0.717, 1.165) is 36.1 Å². The Balaban J connectivity index is 2.11. The lowest BCUT2D eigenvalue weighted by molar-refractivity contribution is 0.102. The third-order valence-electron chi connectivity index (χ3n) is 3.39. The zero-order chi connectivity index (χ0) is 14.4. The number of amides is 1. The lowest BCUT2D eigenvalue weighted by Crippen LogP contribution is -2.14. The molecule has 2 heteroatoms. The maximum absolute atomic E-state index is 12.3. The molecule has 2 rings (SSSR count). The van der Waals surface area contributed by atoms with Crippen LogP contribution in [0.2, 0.25) is 0 Å². The van der Waals surface area contributed by atoms with Gasteiger partial charge in [0.25, 0.3) is 5.91 Å². The first-order valence-corrected chi connectivity index (χ1v) is 7.22. The van der Waals surface area contributed by atoms with E-state index in [2.05, 4.69) is 31.3 Å². The molecule has 0 spiro atoms. The average Bonchev–Trinajstić information content (AvgIpc) is 2.49.